The first kappa shape index (κ1) is 63.2. The van der Waals surface area contributed by atoms with E-state index < -0.39 is 139 Å². The number of nitrogens with two attached hydrogens (primary N) is 1. The zero-order chi connectivity index (χ0) is 58.4. The van der Waals surface area contributed by atoms with Gasteiger partial charge in [-0.05, 0) is 60.6 Å². The number of Topliss-reactive ketones (excluding diaryl/α,β-unsaturated/α-hetero) is 2. The fraction of sp³-hybridized carbons (Fsp3) is 0.429. The Labute approximate surface area is 456 Å². The molecule has 0 aliphatic rings. The second-order valence-corrected chi connectivity index (χ2v) is 20.1. The third kappa shape index (κ3) is 20.9. The molecule has 1 aromatic heterocycles. The number of hydrogen-bond acceptors (Lipinski definition) is 12. The van der Waals surface area contributed by atoms with Crippen LogP contribution in [0.5, 0.6) is 0 Å². The van der Waals surface area contributed by atoms with Crippen molar-refractivity contribution in [3.8, 4) is 11.1 Å². The molecule has 21 nitrogen and oxygen atoms in total. The van der Waals surface area contributed by atoms with Gasteiger partial charge in [0.25, 0.3) is 0 Å². The number of aliphatic carboxylic acids is 1. The fourth-order valence-electron chi connectivity index (χ4n) is 8.44. The van der Waals surface area contributed by atoms with E-state index in [2.05, 4.69) is 26.6 Å². The van der Waals surface area contributed by atoms with E-state index in [0.717, 1.165) is 23.8 Å². The van der Waals surface area contributed by atoms with Gasteiger partial charge in [0.05, 0.1) is 31.5 Å². The number of carbonyl (C=O) groups excluding carboxylic acids is 9. The Morgan fingerprint density at radius 3 is 2.03 bits per heavy atom. The van der Waals surface area contributed by atoms with Gasteiger partial charge in [-0.1, -0.05) is 88.4 Å². The van der Waals surface area contributed by atoms with Gasteiger partial charge in [-0.3, -0.25) is 43.2 Å². The van der Waals surface area contributed by atoms with E-state index in [1.54, 1.807) is 67.9 Å². The fourth-order valence-corrected chi connectivity index (χ4v) is 8.44. The molecule has 0 fully saturated rings. The number of aliphatic hydroxyl groups is 1. The molecule has 0 saturated heterocycles. The summed E-state index contributed by atoms with van der Waals surface area (Å²) >= 11 is 0. The van der Waals surface area contributed by atoms with Crippen molar-refractivity contribution in [3.63, 3.8) is 0 Å². The first-order chi connectivity index (χ1) is 37.4. The lowest BCUT2D eigenvalue weighted by Crippen LogP contribution is -2.56. The number of primary amides is 1. The minimum absolute atomic E-state index is 0.0318. The quantitative estimate of drug-likeness (QED) is 0.0331. The van der Waals surface area contributed by atoms with Crippen LogP contribution >= 0.6 is 0 Å². The van der Waals surface area contributed by atoms with E-state index >= 15 is 4.39 Å². The average molecular weight is 1100 g/mol. The normalized spacial score (nSPS) is 13.1. The maximum Gasteiger partial charge on any atom is 0.408 e. The van der Waals surface area contributed by atoms with Crippen molar-refractivity contribution in [2.24, 2.45) is 17.1 Å². The average Bonchev–Trinajstić information content (AvgIpc) is 3.84. The van der Waals surface area contributed by atoms with Crippen LogP contribution in [0.15, 0.2) is 91.1 Å². The molecule has 1 heterocycles. The molecule has 0 aliphatic heterocycles. The summed E-state index contributed by atoms with van der Waals surface area (Å²) in [7, 11) is 0. The number of ether oxygens (including phenoxy) is 1. The van der Waals surface area contributed by atoms with Gasteiger partial charge in [0.2, 0.25) is 35.4 Å². The molecule has 4 aromatic rings. The predicted octanol–water partition coefficient (Wildman–Crippen LogP) is 3.98. The van der Waals surface area contributed by atoms with Crippen molar-refractivity contribution in [1.82, 2.24) is 36.1 Å². The Morgan fingerprint density at radius 1 is 0.759 bits per heavy atom. The van der Waals surface area contributed by atoms with E-state index in [0.29, 0.717) is 11.3 Å². The number of ketones is 2. The summed E-state index contributed by atoms with van der Waals surface area (Å²) in [6.07, 6.45) is -1.75. The second-order valence-electron chi connectivity index (χ2n) is 20.1. The highest BCUT2D eigenvalue weighted by molar-refractivity contribution is 5.96. The first-order valence-corrected chi connectivity index (χ1v) is 25.6. The van der Waals surface area contributed by atoms with Crippen molar-refractivity contribution < 1.29 is 71.7 Å². The van der Waals surface area contributed by atoms with Gasteiger partial charge >= 0.3 is 12.1 Å². The molecule has 0 spiro atoms. The summed E-state index contributed by atoms with van der Waals surface area (Å²) in [6.45, 7) is 6.35. The van der Waals surface area contributed by atoms with Gasteiger partial charge in [0, 0.05) is 67.8 Å². The summed E-state index contributed by atoms with van der Waals surface area (Å²) in [5.41, 5.74) is 6.77. The van der Waals surface area contributed by atoms with Crippen LogP contribution in [-0.4, -0.2) is 123 Å². The van der Waals surface area contributed by atoms with Crippen molar-refractivity contribution in [3.05, 3.63) is 120 Å². The Balaban J connectivity index is 1.61. The van der Waals surface area contributed by atoms with Gasteiger partial charge in [-0.25, -0.2) is 13.6 Å². The van der Waals surface area contributed by atoms with Crippen LogP contribution in [-0.2, 0) is 61.0 Å². The number of carboxylic acid groups (broad SMARTS) is 1. The van der Waals surface area contributed by atoms with Crippen LogP contribution < -0.4 is 32.3 Å². The predicted molar refractivity (Wildman–Crippen MR) is 284 cm³/mol. The summed E-state index contributed by atoms with van der Waals surface area (Å²) in [5, 5.41) is 31.6. The van der Waals surface area contributed by atoms with E-state index in [1.165, 1.54) is 18.7 Å². The largest absolute Gasteiger partial charge is 0.481 e. The molecule has 9 N–H and O–H groups in total. The number of amides is 7. The highest BCUT2D eigenvalue weighted by atomic mass is 19.1. The van der Waals surface area contributed by atoms with Gasteiger partial charge in [0.1, 0.15) is 36.9 Å². The SMILES string of the molecule is C[C@H](CC(=O)[C@H](C)NC(=O)OCc1ccccc1)C(=O)N[C@@H](CC(N)=O)C(=O)N[C@@H](CCN(C(=O)CO)[C@@H](c1cc(-c2cc(F)ccc2F)cn1Cc1ccccc1)C(C)(C)C)C(=O)NCCCC(=O)CNC(=O)CCC(=O)O. The molecule has 4 rings (SSSR count). The molecule has 23 heteroatoms. The number of rotatable bonds is 31. The minimum atomic E-state index is -1.72. The van der Waals surface area contributed by atoms with Crippen molar-refractivity contribution >= 4 is 59.1 Å². The monoisotopic (exact) mass is 1100 g/mol. The van der Waals surface area contributed by atoms with Crippen LogP contribution in [0.4, 0.5) is 13.6 Å². The molecule has 0 saturated carbocycles. The van der Waals surface area contributed by atoms with Gasteiger partial charge in [-0.15, -0.1) is 0 Å². The Kier molecular flexibility index (Phi) is 24.4. The smallest absolute Gasteiger partial charge is 0.408 e. The van der Waals surface area contributed by atoms with Crippen molar-refractivity contribution in [2.75, 3.05) is 26.2 Å². The Hall–Kier alpha value is -8.34. The molecular formula is C56H70F2N8O13. The lowest BCUT2D eigenvalue weighted by molar-refractivity contribution is -0.140. The standard InChI is InChI=1S/C56H70F2N8O13/c1-34(25-46(69)35(2)62-55(78)79-33-37-15-10-7-11-16-37)52(75)64-44(28-47(59)70)54(77)63-43(53(76)60-23-12-17-40(68)29-61-48(71)20-21-50(73)74)22-24-66(49(72)32-67)51(56(3,4)5)45-26-38(41-27-39(57)18-19-42(41)58)31-65(45)30-36-13-8-6-9-14-36/h6-11,13-16,18-19,26-27,31,34-35,43-44,51,67H,12,17,20-25,28-30,32-33H2,1-5H3,(H2,59,70)(H,60,76)(H,61,71)(H,62,78)(H,63,77)(H,64,75)(H,73,74)/t34-,35+,43+,44+,51+/m1/s1. The topological polar surface area (TPSA) is 315 Å². The molecule has 79 heavy (non-hydrogen) atoms. The number of halogens is 2. The third-order valence-corrected chi connectivity index (χ3v) is 12.5. The molecule has 7 amide bonds. The number of aliphatic hydroxyl groups excluding tert-OH is 1. The summed E-state index contributed by atoms with van der Waals surface area (Å²) in [6, 6.07) is 17.2. The molecule has 5 atom stereocenters. The number of benzene rings is 3. The maximum atomic E-state index is 15.4. The number of aromatic nitrogens is 1. The molecule has 3 aromatic carbocycles. The number of carbonyl (C=O) groups is 10. The second kappa shape index (κ2) is 30.6. The van der Waals surface area contributed by atoms with Crippen molar-refractivity contribution in [1.29, 1.82) is 0 Å². The van der Waals surface area contributed by atoms with E-state index in [4.69, 9.17) is 15.6 Å². The summed E-state index contributed by atoms with van der Waals surface area (Å²) < 4.78 is 37.0. The molecular weight excluding hydrogens is 1030 g/mol. The van der Waals surface area contributed by atoms with Gasteiger partial charge in [-0.2, -0.15) is 0 Å². The lowest BCUT2D eigenvalue weighted by Gasteiger charge is -2.41. The van der Waals surface area contributed by atoms with E-state index in [1.807, 2.05) is 30.3 Å². The number of alkyl carbamates (subject to hydrolysis) is 1. The molecule has 0 unspecified atom stereocenters. The van der Waals surface area contributed by atoms with Crippen molar-refractivity contribution in [2.45, 2.75) is 117 Å². The highest BCUT2D eigenvalue weighted by Gasteiger charge is 2.39. The Morgan fingerprint density at radius 2 is 1.41 bits per heavy atom. The number of carboxylic acids is 1. The summed E-state index contributed by atoms with van der Waals surface area (Å²) in [5.74, 6) is -10.1. The number of nitrogens with zero attached hydrogens (tertiary/aromatic N) is 2. The first-order valence-electron chi connectivity index (χ1n) is 25.6. The van der Waals surface area contributed by atoms with Crippen LogP contribution in [0.25, 0.3) is 11.1 Å². The molecule has 0 bridgehead atoms. The van der Waals surface area contributed by atoms with Gasteiger partial charge in [0.15, 0.2) is 11.6 Å². The molecule has 0 radical (unpaired) electrons. The zero-order valence-electron chi connectivity index (χ0n) is 44.9. The minimum Gasteiger partial charge on any atom is -0.481 e. The van der Waals surface area contributed by atoms with Crippen LogP contribution in [0, 0.1) is 23.0 Å². The van der Waals surface area contributed by atoms with Crippen LogP contribution in [0.3, 0.4) is 0 Å². The number of nitrogens with one attached hydrogen (secondary N) is 5. The Bertz CT molecular complexity index is 2790. The molecule has 0 aliphatic carbocycles. The maximum absolute atomic E-state index is 15.4. The molecule has 426 valence electrons. The lowest BCUT2D eigenvalue weighted by atomic mass is 9.82. The third-order valence-electron chi connectivity index (χ3n) is 12.5. The highest BCUT2D eigenvalue weighted by Crippen LogP contribution is 2.41. The zero-order valence-corrected chi connectivity index (χ0v) is 44.9. The van der Waals surface area contributed by atoms with Crippen LogP contribution in [0.2, 0.25) is 0 Å². The van der Waals surface area contributed by atoms with E-state index in [9.17, 15) is 57.4 Å². The summed E-state index contributed by atoms with van der Waals surface area (Å²) in [4.78, 5) is 131. The number of hydrogen-bond donors (Lipinski definition) is 8. The van der Waals surface area contributed by atoms with Gasteiger partial charge < -0.3 is 56.7 Å². The van der Waals surface area contributed by atoms with E-state index in [-0.39, 0.29) is 63.1 Å². The van der Waals surface area contributed by atoms with Crippen LogP contribution in [0.1, 0.15) is 102 Å².